The Morgan fingerprint density at radius 1 is 0.567 bits per heavy atom. The molecule has 2 heterocycles. The van der Waals surface area contributed by atoms with Crippen LogP contribution >= 0.6 is 0 Å². The second-order valence-electron chi connectivity index (χ2n) is 8.64. The molecule has 30 heavy (non-hydrogen) atoms. The van der Waals surface area contributed by atoms with E-state index in [4.69, 9.17) is 0 Å². The smallest absolute Gasteiger partial charge is 0.207 e. The van der Waals surface area contributed by atoms with Crippen molar-refractivity contribution >= 4 is 28.3 Å². The van der Waals surface area contributed by atoms with Crippen molar-refractivity contribution in [2.45, 2.75) is 22.9 Å². The van der Waals surface area contributed by atoms with Crippen LogP contribution in [0.3, 0.4) is 0 Å². The maximum absolute atomic E-state index is 12.9. The highest BCUT2D eigenvalue weighted by atomic mass is 32.2. The lowest BCUT2D eigenvalue weighted by atomic mass is 9.97. The van der Waals surface area contributed by atoms with E-state index in [9.17, 15) is 8.42 Å². The van der Waals surface area contributed by atoms with E-state index in [1.807, 2.05) is 24.3 Å². The first kappa shape index (κ1) is 17.9. The molecule has 0 N–H and O–H groups in total. The van der Waals surface area contributed by atoms with E-state index in [-0.39, 0.29) is 0 Å². The van der Waals surface area contributed by atoms with Gasteiger partial charge in [-0.2, -0.15) is 0 Å². The summed E-state index contributed by atoms with van der Waals surface area (Å²) in [6, 6.07) is 28.5. The van der Waals surface area contributed by atoms with Crippen molar-refractivity contribution in [2.24, 2.45) is 0 Å². The third-order valence-electron chi connectivity index (χ3n) is 6.65. The minimum atomic E-state index is -3.42. The number of hydrogen-bond acceptors (Lipinski definition) is 2. The highest BCUT2D eigenvalue weighted by molar-refractivity contribution is 7.92. The third-order valence-corrected chi connectivity index (χ3v) is 12.1. The first-order valence-electron chi connectivity index (χ1n) is 10.1. The van der Waals surface area contributed by atoms with Crippen molar-refractivity contribution in [1.29, 1.82) is 0 Å². The molecule has 0 bridgehead atoms. The molecule has 2 nitrogen and oxygen atoms in total. The standard InChI is InChI=1S/C26H20O2SSi/c1-30(2)25-10-6-4-8-20(25)21-13-11-18(16-26(21)30)17-12-14-24-22(15-17)19-7-3-5-9-23(19)29(24,27)28/h3-16H,1-2H3. The van der Waals surface area contributed by atoms with Gasteiger partial charge >= 0.3 is 0 Å². The predicted molar refractivity (Wildman–Crippen MR) is 125 cm³/mol. The average molecular weight is 425 g/mol. The van der Waals surface area contributed by atoms with Crippen LogP contribution in [-0.4, -0.2) is 16.5 Å². The van der Waals surface area contributed by atoms with Crippen LogP contribution in [-0.2, 0) is 9.84 Å². The van der Waals surface area contributed by atoms with Crippen LogP contribution in [0.5, 0.6) is 0 Å². The zero-order valence-corrected chi connectivity index (χ0v) is 18.6. The highest BCUT2D eigenvalue weighted by Crippen LogP contribution is 2.44. The van der Waals surface area contributed by atoms with Gasteiger partial charge in [-0.15, -0.1) is 0 Å². The van der Waals surface area contributed by atoms with Crippen LogP contribution in [0.4, 0.5) is 0 Å². The number of benzene rings is 4. The SMILES string of the molecule is C[Si]1(C)c2ccccc2-c2ccc(-c3ccc4c(c3)-c3ccccc3S4(=O)=O)cc21. The Bertz CT molecular complexity index is 1480. The normalized spacial score (nSPS) is 16.5. The lowest BCUT2D eigenvalue weighted by molar-refractivity contribution is 0.598. The molecular weight excluding hydrogens is 404 g/mol. The fraction of sp³-hybridized carbons (Fsp3) is 0.0769. The summed E-state index contributed by atoms with van der Waals surface area (Å²) in [5.41, 5.74) is 6.53. The number of rotatable bonds is 1. The van der Waals surface area contributed by atoms with Crippen molar-refractivity contribution < 1.29 is 8.42 Å². The van der Waals surface area contributed by atoms with Gasteiger partial charge in [-0.1, -0.05) is 79.8 Å². The lowest BCUT2D eigenvalue weighted by Gasteiger charge is -2.19. The summed E-state index contributed by atoms with van der Waals surface area (Å²) in [6.07, 6.45) is 0. The van der Waals surface area contributed by atoms with E-state index in [0.29, 0.717) is 9.79 Å². The second-order valence-corrected chi connectivity index (χ2v) is 14.9. The molecule has 0 amide bonds. The number of hydrogen-bond donors (Lipinski definition) is 0. The topological polar surface area (TPSA) is 34.1 Å². The van der Waals surface area contributed by atoms with Crippen LogP contribution in [0.25, 0.3) is 33.4 Å². The van der Waals surface area contributed by atoms with Crippen molar-refractivity contribution in [3.05, 3.63) is 84.9 Å². The molecule has 0 unspecified atom stereocenters. The van der Waals surface area contributed by atoms with E-state index < -0.39 is 17.9 Å². The number of fused-ring (bicyclic) bond motifs is 6. The average Bonchev–Trinajstić information content (AvgIpc) is 3.14. The van der Waals surface area contributed by atoms with Crippen molar-refractivity contribution in [2.75, 3.05) is 0 Å². The fourth-order valence-corrected chi connectivity index (χ4v) is 9.85. The molecule has 4 aromatic carbocycles. The van der Waals surface area contributed by atoms with Crippen LogP contribution in [0.15, 0.2) is 94.7 Å². The van der Waals surface area contributed by atoms with Crippen molar-refractivity contribution in [3.63, 3.8) is 0 Å². The zero-order chi connectivity index (χ0) is 20.7. The Kier molecular flexibility index (Phi) is 3.46. The molecule has 146 valence electrons. The molecule has 0 aliphatic carbocycles. The van der Waals surface area contributed by atoms with Crippen LogP contribution in [0.1, 0.15) is 0 Å². The maximum Gasteiger partial charge on any atom is 0.207 e. The molecule has 4 heteroatoms. The summed E-state index contributed by atoms with van der Waals surface area (Å²) in [4.78, 5) is 0.825. The van der Waals surface area contributed by atoms with E-state index in [1.165, 1.54) is 21.5 Å². The predicted octanol–water partition coefficient (Wildman–Crippen LogP) is 4.97. The molecular formula is C26H20O2SSi. The Hall–Kier alpha value is -2.95. The molecule has 0 atom stereocenters. The third kappa shape index (κ3) is 2.20. The van der Waals surface area contributed by atoms with Gasteiger partial charge in [0.25, 0.3) is 0 Å². The van der Waals surface area contributed by atoms with E-state index in [2.05, 4.69) is 55.6 Å². The van der Waals surface area contributed by atoms with Crippen LogP contribution in [0.2, 0.25) is 13.1 Å². The molecule has 2 aliphatic rings. The minimum Gasteiger partial charge on any atom is -0.218 e. The molecule has 0 fully saturated rings. The summed E-state index contributed by atoms with van der Waals surface area (Å²) >= 11 is 0. The van der Waals surface area contributed by atoms with Gasteiger partial charge in [0.15, 0.2) is 0 Å². The van der Waals surface area contributed by atoms with Crippen LogP contribution < -0.4 is 10.4 Å². The number of sulfone groups is 1. The Morgan fingerprint density at radius 3 is 2.00 bits per heavy atom. The van der Waals surface area contributed by atoms with Gasteiger partial charge in [0.05, 0.1) is 9.79 Å². The van der Waals surface area contributed by atoms with Crippen LogP contribution in [0, 0.1) is 0 Å². The monoisotopic (exact) mass is 424 g/mol. The Morgan fingerprint density at radius 2 is 1.17 bits per heavy atom. The van der Waals surface area contributed by atoms with Gasteiger partial charge in [-0.25, -0.2) is 8.42 Å². The molecule has 4 aromatic rings. The quantitative estimate of drug-likeness (QED) is 0.356. The van der Waals surface area contributed by atoms with Crippen molar-refractivity contribution in [3.8, 4) is 33.4 Å². The van der Waals surface area contributed by atoms with Gasteiger partial charge in [-0.05, 0) is 50.8 Å². The summed E-state index contributed by atoms with van der Waals surface area (Å²) in [5.74, 6) is 0. The van der Waals surface area contributed by atoms with E-state index in [1.54, 1.807) is 18.2 Å². The maximum atomic E-state index is 12.9. The fourth-order valence-electron chi connectivity index (χ4n) is 5.08. The summed E-state index contributed by atoms with van der Waals surface area (Å²) < 4.78 is 25.8. The van der Waals surface area contributed by atoms with E-state index in [0.717, 1.165) is 22.3 Å². The molecule has 2 aliphatic heterocycles. The molecule has 0 radical (unpaired) electrons. The van der Waals surface area contributed by atoms with Gasteiger partial charge in [0, 0.05) is 11.1 Å². The summed E-state index contributed by atoms with van der Waals surface area (Å²) in [5, 5.41) is 2.95. The summed E-state index contributed by atoms with van der Waals surface area (Å²) in [7, 11) is -5.16. The highest BCUT2D eigenvalue weighted by Gasteiger charge is 2.37. The molecule has 0 saturated carbocycles. The molecule has 6 rings (SSSR count). The second kappa shape index (κ2) is 5.81. The largest absolute Gasteiger partial charge is 0.218 e. The Labute approximate surface area is 177 Å². The molecule has 0 spiro atoms. The van der Waals surface area contributed by atoms with Gasteiger partial charge in [0.2, 0.25) is 9.84 Å². The van der Waals surface area contributed by atoms with Gasteiger partial charge < -0.3 is 0 Å². The van der Waals surface area contributed by atoms with Crippen molar-refractivity contribution in [1.82, 2.24) is 0 Å². The first-order chi connectivity index (χ1) is 14.4. The van der Waals surface area contributed by atoms with Gasteiger partial charge in [-0.3, -0.25) is 0 Å². The lowest BCUT2D eigenvalue weighted by Crippen LogP contribution is -2.49. The minimum absolute atomic E-state index is 0.412. The molecule has 0 aromatic heterocycles. The van der Waals surface area contributed by atoms with Gasteiger partial charge in [0.1, 0.15) is 8.07 Å². The Balaban J connectivity index is 1.54. The van der Waals surface area contributed by atoms with E-state index >= 15 is 0 Å². The zero-order valence-electron chi connectivity index (χ0n) is 16.8. The molecule has 0 saturated heterocycles. The first-order valence-corrected chi connectivity index (χ1v) is 14.6. The summed E-state index contributed by atoms with van der Waals surface area (Å²) in [6.45, 7) is 4.82.